The quantitative estimate of drug-likeness (QED) is 0.655. The zero-order valence-electron chi connectivity index (χ0n) is 12.1. The van der Waals surface area contributed by atoms with E-state index < -0.39 is 0 Å². The zero-order valence-corrected chi connectivity index (χ0v) is 12.1. The molecule has 0 unspecified atom stereocenters. The summed E-state index contributed by atoms with van der Waals surface area (Å²) < 4.78 is 5.64. The van der Waals surface area contributed by atoms with Crippen LogP contribution in [0, 0.1) is 0 Å². The first-order valence-corrected chi connectivity index (χ1v) is 6.85. The van der Waals surface area contributed by atoms with E-state index in [1.54, 1.807) is 24.3 Å². The lowest BCUT2D eigenvalue weighted by atomic mass is 9.85. The van der Waals surface area contributed by atoms with Crippen molar-refractivity contribution in [2.45, 2.75) is 19.3 Å². The maximum Gasteiger partial charge on any atom is 0.193 e. The van der Waals surface area contributed by atoms with E-state index in [0.717, 1.165) is 11.3 Å². The van der Waals surface area contributed by atoms with E-state index in [4.69, 9.17) is 16.2 Å². The molecule has 2 aromatic rings. The molecule has 1 aliphatic rings. The van der Waals surface area contributed by atoms with E-state index in [1.165, 1.54) is 0 Å². The lowest BCUT2D eigenvalue weighted by molar-refractivity contribution is 0.103. The number of carbonyl (C=O) groups is 1. The molecular formula is C17H18N2O2. The molecule has 0 aliphatic carbocycles. The van der Waals surface area contributed by atoms with Gasteiger partial charge in [0.25, 0.3) is 0 Å². The summed E-state index contributed by atoms with van der Waals surface area (Å²) in [4.78, 5) is 12.6. The topological polar surface area (TPSA) is 78.3 Å². The normalized spacial score (nSPS) is 15.3. The van der Waals surface area contributed by atoms with Crippen molar-refractivity contribution in [3.8, 4) is 5.75 Å². The van der Waals surface area contributed by atoms with E-state index in [2.05, 4.69) is 13.8 Å². The second kappa shape index (κ2) is 4.52. The molecule has 1 heterocycles. The fraction of sp³-hybridized carbons (Fsp3) is 0.235. The number of anilines is 2. The van der Waals surface area contributed by atoms with Crippen LogP contribution in [0.15, 0.2) is 36.4 Å². The van der Waals surface area contributed by atoms with Crippen LogP contribution in [-0.2, 0) is 5.41 Å². The first-order chi connectivity index (χ1) is 9.87. The Labute approximate surface area is 123 Å². The highest BCUT2D eigenvalue weighted by atomic mass is 16.5. The predicted octanol–water partition coefficient (Wildman–Crippen LogP) is 2.75. The summed E-state index contributed by atoms with van der Waals surface area (Å²) in [6, 6.07) is 10.5. The van der Waals surface area contributed by atoms with Gasteiger partial charge in [-0.2, -0.15) is 0 Å². The third-order valence-electron chi connectivity index (χ3n) is 3.80. The number of nitrogens with two attached hydrogens (primary N) is 2. The lowest BCUT2D eigenvalue weighted by Crippen LogP contribution is -2.18. The molecule has 0 amide bonds. The molecule has 108 valence electrons. The van der Waals surface area contributed by atoms with Gasteiger partial charge < -0.3 is 16.2 Å². The van der Waals surface area contributed by atoms with Gasteiger partial charge in [0.05, 0.1) is 6.61 Å². The maximum absolute atomic E-state index is 12.6. The van der Waals surface area contributed by atoms with Crippen molar-refractivity contribution in [2.24, 2.45) is 0 Å². The van der Waals surface area contributed by atoms with Crippen molar-refractivity contribution in [1.29, 1.82) is 0 Å². The molecule has 21 heavy (non-hydrogen) atoms. The van der Waals surface area contributed by atoms with Crippen LogP contribution in [0.4, 0.5) is 11.4 Å². The number of rotatable bonds is 2. The van der Waals surface area contributed by atoms with E-state index in [0.29, 0.717) is 29.1 Å². The fourth-order valence-corrected chi connectivity index (χ4v) is 2.64. The molecule has 4 nitrogen and oxygen atoms in total. The van der Waals surface area contributed by atoms with Crippen LogP contribution >= 0.6 is 0 Å². The minimum atomic E-state index is -0.0838. The van der Waals surface area contributed by atoms with Crippen molar-refractivity contribution in [1.82, 2.24) is 0 Å². The molecule has 0 aromatic heterocycles. The Hall–Kier alpha value is -2.49. The van der Waals surface area contributed by atoms with E-state index in [-0.39, 0.29) is 11.2 Å². The highest BCUT2D eigenvalue weighted by Gasteiger charge is 2.32. The molecule has 4 N–H and O–H groups in total. The first kappa shape index (κ1) is 13.5. The molecule has 3 rings (SSSR count). The van der Waals surface area contributed by atoms with E-state index in [1.807, 2.05) is 12.1 Å². The summed E-state index contributed by atoms with van der Waals surface area (Å²) in [7, 11) is 0. The molecule has 0 fully saturated rings. The fourth-order valence-electron chi connectivity index (χ4n) is 2.64. The number of fused-ring (bicyclic) bond motifs is 1. The number of carbonyl (C=O) groups excluding carboxylic acids is 1. The van der Waals surface area contributed by atoms with Crippen molar-refractivity contribution in [3.63, 3.8) is 0 Å². The van der Waals surface area contributed by atoms with Crippen LogP contribution < -0.4 is 16.2 Å². The summed E-state index contributed by atoms with van der Waals surface area (Å²) >= 11 is 0. The molecule has 2 aromatic carbocycles. The Balaban J connectivity index is 2.03. The van der Waals surface area contributed by atoms with Crippen molar-refractivity contribution >= 4 is 17.2 Å². The Bertz CT molecular complexity index is 715. The van der Waals surface area contributed by atoms with Gasteiger partial charge in [0.2, 0.25) is 0 Å². The van der Waals surface area contributed by atoms with E-state index >= 15 is 0 Å². The Morgan fingerprint density at radius 2 is 1.71 bits per heavy atom. The van der Waals surface area contributed by atoms with Gasteiger partial charge in [0.1, 0.15) is 5.75 Å². The Morgan fingerprint density at radius 3 is 2.38 bits per heavy atom. The molecule has 0 saturated carbocycles. The molecule has 0 bridgehead atoms. The number of benzene rings is 2. The van der Waals surface area contributed by atoms with Gasteiger partial charge in [0, 0.05) is 33.5 Å². The number of hydrogen-bond acceptors (Lipinski definition) is 4. The summed E-state index contributed by atoms with van der Waals surface area (Å²) in [5.74, 6) is 0.767. The van der Waals surface area contributed by atoms with Crippen LogP contribution in [0.5, 0.6) is 5.75 Å². The molecule has 0 radical (unpaired) electrons. The van der Waals surface area contributed by atoms with Gasteiger partial charge >= 0.3 is 0 Å². The lowest BCUT2D eigenvalue weighted by Gasteiger charge is -2.15. The average Bonchev–Trinajstić information content (AvgIpc) is 2.72. The number of hydrogen-bond donors (Lipinski definition) is 2. The number of ketones is 1. The van der Waals surface area contributed by atoms with Crippen molar-refractivity contribution < 1.29 is 9.53 Å². The highest BCUT2D eigenvalue weighted by Crippen LogP contribution is 2.39. The SMILES string of the molecule is CC1(C)COc2ccc(C(=O)c3cc(N)cc(N)c3)cc21. The summed E-state index contributed by atoms with van der Waals surface area (Å²) in [5, 5.41) is 0. The number of nitrogen functional groups attached to an aromatic ring is 2. The summed E-state index contributed by atoms with van der Waals surface area (Å²) in [5.41, 5.74) is 14.6. The van der Waals surface area contributed by atoms with Crippen molar-refractivity contribution in [2.75, 3.05) is 18.1 Å². The molecule has 0 atom stereocenters. The van der Waals surface area contributed by atoms with Crippen LogP contribution in [0.1, 0.15) is 35.3 Å². The third kappa shape index (κ3) is 2.33. The van der Waals surface area contributed by atoms with Gasteiger partial charge in [-0.1, -0.05) is 13.8 Å². The first-order valence-electron chi connectivity index (χ1n) is 6.85. The molecule has 4 heteroatoms. The number of ether oxygens (including phenoxy) is 1. The molecule has 0 saturated heterocycles. The van der Waals surface area contributed by atoms with Crippen LogP contribution in [0.3, 0.4) is 0 Å². The van der Waals surface area contributed by atoms with Crippen molar-refractivity contribution in [3.05, 3.63) is 53.1 Å². The molecule has 1 aliphatic heterocycles. The van der Waals surface area contributed by atoms with Gasteiger partial charge in [-0.3, -0.25) is 4.79 Å². The van der Waals surface area contributed by atoms with Gasteiger partial charge in [-0.15, -0.1) is 0 Å². The van der Waals surface area contributed by atoms with Gasteiger partial charge in [0.15, 0.2) is 5.78 Å². The monoisotopic (exact) mass is 282 g/mol. The van der Waals surface area contributed by atoms with Crippen LogP contribution in [-0.4, -0.2) is 12.4 Å². The standard InChI is InChI=1S/C17H18N2O2/c1-17(2)9-21-15-4-3-10(7-14(15)17)16(20)11-5-12(18)8-13(19)6-11/h3-8H,9,18-19H2,1-2H3. The molecule has 0 spiro atoms. The van der Waals surface area contributed by atoms with Gasteiger partial charge in [-0.25, -0.2) is 0 Å². The Kier molecular flexibility index (Phi) is 2.90. The second-order valence-corrected chi connectivity index (χ2v) is 6.10. The van der Waals surface area contributed by atoms with Crippen LogP contribution in [0.25, 0.3) is 0 Å². The minimum absolute atomic E-state index is 0.0830. The predicted molar refractivity (Wildman–Crippen MR) is 83.7 cm³/mol. The summed E-state index contributed by atoms with van der Waals surface area (Å²) in [6.07, 6.45) is 0. The summed E-state index contributed by atoms with van der Waals surface area (Å²) in [6.45, 7) is 4.84. The Morgan fingerprint density at radius 1 is 1.05 bits per heavy atom. The second-order valence-electron chi connectivity index (χ2n) is 6.10. The minimum Gasteiger partial charge on any atom is -0.492 e. The smallest absolute Gasteiger partial charge is 0.193 e. The van der Waals surface area contributed by atoms with Gasteiger partial charge in [-0.05, 0) is 36.4 Å². The zero-order chi connectivity index (χ0) is 15.2. The largest absolute Gasteiger partial charge is 0.492 e. The maximum atomic E-state index is 12.6. The third-order valence-corrected chi connectivity index (χ3v) is 3.80. The van der Waals surface area contributed by atoms with Crippen LogP contribution in [0.2, 0.25) is 0 Å². The highest BCUT2D eigenvalue weighted by molar-refractivity contribution is 6.10. The molecular weight excluding hydrogens is 264 g/mol. The van der Waals surface area contributed by atoms with E-state index in [9.17, 15) is 4.79 Å². The average molecular weight is 282 g/mol.